The van der Waals surface area contributed by atoms with Crippen LogP contribution in [0.3, 0.4) is 0 Å². The molecule has 2 atom stereocenters. The van der Waals surface area contributed by atoms with Gasteiger partial charge in [-0.25, -0.2) is 9.48 Å². The van der Waals surface area contributed by atoms with E-state index in [2.05, 4.69) is 26.9 Å². The van der Waals surface area contributed by atoms with Gasteiger partial charge < -0.3 is 4.74 Å². The first kappa shape index (κ1) is 14.9. The summed E-state index contributed by atoms with van der Waals surface area (Å²) in [6, 6.07) is 7.80. The molecule has 1 fully saturated rings. The second kappa shape index (κ2) is 5.98. The fourth-order valence-corrected chi connectivity index (χ4v) is 2.99. The number of halogens is 1. The van der Waals surface area contributed by atoms with Crippen LogP contribution >= 0.6 is 15.9 Å². The second-order valence-electron chi connectivity index (χ2n) is 5.36. The van der Waals surface area contributed by atoms with Crippen LogP contribution in [0.25, 0.3) is 5.69 Å². The predicted octanol–water partition coefficient (Wildman–Crippen LogP) is 3.23. The summed E-state index contributed by atoms with van der Waals surface area (Å²) in [5, 5.41) is 4.37. The number of hydrogen-bond acceptors (Lipinski definition) is 3. The molecule has 1 aliphatic rings. The Kier molecular flexibility index (Phi) is 4.04. The molecule has 0 radical (unpaired) electrons. The maximum absolute atomic E-state index is 12.0. The summed E-state index contributed by atoms with van der Waals surface area (Å²) in [7, 11) is 1.38. The van der Waals surface area contributed by atoms with Crippen molar-refractivity contribution >= 4 is 21.9 Å². The van der Waals surface area contributed by atoms with Crippen molar-refractivity contribution in [2.24, 2.45) is 11.8 Å². The van der Waals surface area contributed by atoms with Crippen LogP contribution in [0.4, 0.5) is 0 Å². The zero-order valence-corrected chi connectivity index (χ0v) is 13.7. The lowest BCUT2D eigenvalue weighted by Crippen LogP contribution is -2.09. The number of benzene rings is 1. The minimum absolute atomic E-state index is 0.302. The van der Waals surface area contributed by atoms with Gasteiger partial charge in [0.2, 0.25) is 0 Å². The van der Waals surface area contributed by atoms with Crippen molar-refractivity contribution in [3.8, 4) is 18.0 Å². The standard InChI is InChI=1S/C17H15BrN2O2/c1-3-11-7-12(11)8-16-15(17(21)22-2)10-19-20(16)14-6-4-5-13(18)9-14/h1,4-6,9-12H,7-8H2,2H3/t11-,12?/m1/s1. The van der Waals surface area contributed by atoms with Crippen molar-refractivity contribution in [2.75, 3.05) is 7.11 Å². The fraction of sp³-hybridized carbons (Fsp3) is 0.294. The molecule has 0 N–H and O–H groups in total. The number of ether oxygens (including phenoxy) is 1. The van der Waals surface area contributed by atoms with Gasteiger partial charge in [0.25, 0.3) is 0 Å². The van der Waals surface area contributed by atoms with Crippen LogP contribution in [0, 0.1) is 24.2 Å². The lowest BCUT2D eigenvalue weighted by molar-refractivity contribution is 0.0599. The number of carbonyl (C=O) groups is 1. The fourth-order valence-electron chi connectivity index (χ4n) is 2.61. The van der Waals surface area contributed by atoms with Gasteiger partial charge in [-0.15, -0.1) is 12.3 Å². The van der Waals surface area contributed by atoms with Crippen LogP contribution in [0.1, 0.15) is 22.5 Å². The highest BCUT2D eigenvalue weighted by Crippen LogP contribution is 2.41. The Labute approximate surface area is 137 Å². The van der Waals surface area contributed by atoms with Crippen molar-refractivity contribution in [2.45, 2.75) is 12.8 Å². The Bertz CT molecular complexity index is 760. The smallest absolute Gasteiger partial charge is 0.341 e. The molecule has 22 heavy (non-hydrogen) atoms. The van der Waals surface area contributed by atoms with E-state index in [4.69, 9.17) is 11.2 Å². The first-order valence-electron chi connectivity index (χ1n) is 7.01. The van der Waals surface area contributed by atoms with Gasteiger partial charge in [-0.05, 0) is 37.0 Å². The van der Waals surface area contributed by atoms with E-state index in [1.807, 2.05) is 24.3 Å². The van der Waals surface area contributed by atoms with Gasteiger partial charge in [0, 0.05) is 10.4 Å². The van der Waals surface area contributed by atoms with Crippen LogP contribution in [0.5, 0.6) is 0 Å². The minimum atomic E-state index is -0.367. The molecule has 0 spiro atoms. The second-order valence-corrected chi connectivity index (χ2v) is 6.28. The number of rotatable bonds is 4. The Hall–Kier alpha value is -2.06. The van der Waals surface area contributed by atoms with Gasteiger partial charge in [0.15, 0.2) is 0 Å². The summed E-state index contributed by atoms with van der Waals surface area (Å²) in [6.07, 6.45) is 8.77. The number of methoxy groups -OCH3 is 1. The lowest BCUT2D eigenvalue weighted by Gasteiger charge is -2.09. The van der Waals surface area contributed by atoms with Gasteiger partial charge in [-0.3, -0.25) is 0 Å². The summed E-state index contributed by atoms with van der Waals surface area (Å²) >= 11 is 3.46. The first-order valence-corrected chi connectivity index (χ1v) is 7.80. The summed E-state index contributed by atoms with van der Waals surface area (Å²) < 4.78 is 7.62. The zero-order chi connectivity index (χ0) is 15.7. The van der Waals surface area contributed by atoms with Crippen molar-refractivity contribution in [1.82, 2.24) is 9.78 Å². The maximum atomic E-state index is 12.0. The van der Waals surface area contributed by atoms with Crippen LogP contribution in [-0.2, 0) is 11.2 Å². The molecule has 0 saturated heterocycles. The third kappa shape index (κ3) is 2.79. The summed E-state index contributed by atoms with van der Waals surface area (Å²) in [5.41, 5.74) is 2.26. The molecule has 5 heteroatoms. The molecular weight excluding hydrogens is 344 g/mol. The molecule has 1 saturated carbocycles. The molecule has 1 unspecified atom stereocenters. The van der Waals surface area contributed by atoms with E-state index >= 15 is 0 Å². The molecule has 1 aliphatic carbocycles. The van der Waals surface area contributed by atoms with Gasteiger partial charge in [-0.2, -0.15) is 5.10 Å². The first-order chi connectivity index (χ1) is 10.6. The average molecular weight is 359 g/mol. The third-order valence-electron chi connectivity index (χ3n) is 3.92. The van der Waals surface area contributed by atoms with Crippen molar-refractivity contribution < 1.29 is 9.53 Å². The van der Waals surface area contributed by atoms with Crippen molar-refractivity contribution in [3.05, 3.63) is 46.2 Å². The predicted molar refractivity (Wildman–Crippen MR) is 86.7 cm³/mol. The molecule has 112 valence electrons. The SMILES string of the molecule is C#C[C@@H]1CC1Cc1c(C(=O)OC)cnn1-c1cccc(Br)c1. The van der Waals surface area contributed by atoms with Gasteiger partial charge >= 0.3 is 5.97 Å². The summed E-state index contributed by atoms with van der Waals surface area (Å²) in [4.78, 5) is 12.0. The van der Waals surface area contributed by atoms with E-state index in [0.717, 1.165) is 28.7 Å². The van der Waals surface area contributed by atoms with Gasteiger partial charge in [0.1, 0.15) is 5.56 Å². The zero-order valence-electron chi connectivity index (χ0n) is 12.1. The van der Waals surface area contributed by atoms with E-state index in [0.29, 0.717) is 17.4 Å². The molecule has 0 amide bonds. The largest absolute Gasteiger partial charge is 0.465 e. The minimum Gasteiger partial charge on any atom is -0.465 e. The number of esters is 1. The number of hydrogen-bond donors (Lipinski definition) is 0. The molecule has 2 aromatic rings. The van der Waals surface area contributed by atoms with Crippen LogP contribution in [0.15, 0.2) is 34.9 Å². The number of aromatic nitrogens is 2. The van der Waals surface area contributed by atoms with Crippen LogP contribution in [0.2, 0.25) is 0 Å². The summed E-state index contributed by atoms with van der Waals surface area (Å²) in [6.45, 7) is 0. The van der Waals surface area contributed by atoms with E-state index in [1.54, 1.807) is 10.9 Å². The van der Waals surface area contributed by atoms with E-state index in [-0.39, 0.29) is 5.97 Å². The normalized spacial score (nSPS) is 19.5. The van der Waals surface area contributed by atoms with Crippen LogP contribution < -0.4 is 0 Å². The van der Waals surface area contributed by atoms with E-state index < -0.39 is 0 Å². The highest BCUT2D eigenvalue weighted by atomic mass is 79.9. The maximum Gasteiger partial charge on any atom is 0.341 e. The van der Waals surface area contributed by atoms with E-state index in [1.165, 1.54) is 7.11 Å². The van der Waals surface area contributed by atoms with Gasteiger partial charge in [0.05, 0.1) is 24.7 Å². The Morgan fingerprint density at radius 1 is 1.59 bits per heavy atom. The number of nitrogens with zero attached hydrogens (tertiary/aromatic N) is 2. The molecule has 1 heterocycles. The summed E-state index contributed by atoms with van der Waals surface area (Å²) in [5.74, 6) is 3.13. The number of terminal acetylenes is 1. The number of carbonyl (C=O) groups excluding carboxylic acids is 1. The Morgan fingerprint density at radius 2 is 2.41 bits per heavy atom. The highest BCUT2D eigenvalue weighted by molar-refractivity contribution is 9.10. The third-order valence-corrected chi connectivity index (χ3v) is 4.41. The monoisotopic (exact) mass is 358 g/mol. The molecule has 4 nitrogen and oxygen atoms in total. The quantitative estimate of drug-likeness (QED) is 0.622. The lowest BCUT2D eigenvalue weighted by atomic mass is 10.1. The van der Waals surface area contributed by atoms with Crippen molar-refractivity contribution in [1.29, 1.82) is 0 Å². The molecule has 3 rings (SSSR count). The highest BCUT2D eigenvalue weighted by Gasteiger charge is 2.37. The molecule has 0 aliphatic heterocycles. The van der Waals surface area contributed by atoms with E-state index in [9.17, 15) is 4.79 Å². The molecule has 1 aromatic heterocycles. The van der Waals surface area contributed by atoms with Crippen molar-refractivity contribution in [3.63, 3.8) is 0 Å². The molecule has 1 aromatic carbocycles. The van der Waals surface area contributed by atoms with Crippen LogP contribution in [-0.4, -0.2) is 22.9 Å². The van der Waals surface area contributed by atoms with Gasteiger partial charge in [-0.1, -0.05) is 22.0 Å². The molecular formula is C17H15BrN2O2. The Balaban J connectivity index is 2.01. The average Bonchev–Trinajstić information content (AvgIpc) is 3.15. The topological polar surface area (TPSA) is 44.1 Å². The molecule has 0 bridgehead atoms. The Morgan fingerprint density at radius 3 is 3.05 bits per heavy atom.